The zero-order chi connectivity index (χ0) is 29.8. The Morgan fingerprint density at radius 1 is 1.22 bits per heavy atom. The first kappa shape index (κ1) is 31.7. The summed E-state index contributed by atoms with van der Waals surface area (Å²) in [5, 5.41) is 10.8. The van der Waals surface area contributed by atoms with Crippen LogP contribution in [0, 0.1) is 5.92 Å². The van der Waals surface area contributed by atoms with Crippen LogP contribution in [0.1, 0.15) is 66.0 Å². The molecule has 0 bridgehead atoms. The summed E-state index contributed by atoms with van der Waals surface area (Å²) >= 11 is 0. The van der Waals surface area contributed by atoms with Gasteiger partial charge in [-0.25, -0.2) is 4.68 Å². The number of benzene rings is 1. The van der Waals surface area contributed by atoms with E-state index in [1.807, 2.05) is 21.8 Å². The maximum absolute atomic E-state index is 11.0. The van der Waals surface area contributed by atoms with Gasteiger partial charge < -0.3 is 13.9 Å². The second-order valence-electron chi connectivity index (χ2n) is 12.8. The van der Waals surface area contributed by atoms with Crippen molar-refractivity contribution in [2.45, 2.75) is 90.7 Å². The Labute approximate surface area is 245 Å². The number of fused-ring (bicyclic) bond motifs is 1. The van der Waals surface area contributed by atoms with Crippen LogP contribution in [0.3, 0.4) is 0 Å². The first-order valence-electron chi connectivity index (χ1n) is 14.6. The molecule has 2 unspecified atom stereocenters. The molecule has 0 saturated carbocycles. The van der Waals surface area contributed by atoms with Crippen LogP contribution in [0.4, 0.5) is 0 Å². The molecule has 1 aliphatic rings. The zero-order valence-electron chi connectivity index (χ0n) is 25.3. The molecule has 41 heavy (non-hydrogen) atoms. The first-order valence-corrected chi connectivity index (χ1v) is 19.1. The van der Waals surface area contributed by atoms with E-state index in [0.29, 0.717) is 26.2 Å². The molecular formula is C29H46N4O6SSi. The minimum atomic E-state index is -3.95. The summed E-state index contributed by atoms with van der Waals surface area (Å²) in [4.78, 5) is 0. The normalized spacial score (nSPS) is 17.7. The maximum atomic E-state index is 11.0. The highest BCUT2D eigenvalue weighted by Gasteiger charge is 2.39. The lowest BCUT2D eigenvalue weighted by Crippen LogP contribution is -2.43. The molecule has 1 fully saturated rings. The smallest absolute Gasteiger partial charge is 0.265 e. The van der Waals surface area contributed by atoms with E-state index in [9.17, 15) is 8.42 Å². The molecule has 0 aliphatic carbocycles. The van der Waals surface area contributed by atoms with Crippen LogP contribution in [-0.2, 0) is 26.1 Å². The lowest BCUT2D eigenvalue weighted by molar-refractivity contribution is -0.0365. The van der Waals surface area contributed by atoms with Gasteiger partial charge in [-0.3, -0.25) is 9.23 Å². The summed E-state index contributed by atoms with van der Waals surface area (Å²) in [6.45, 7) is 15.4. The van der Waals surface area contributed by atoms with Crippen molar-refractivity contribution >= 4 is 29.3 Å². The van der Waals surface area contributed by atoms with Gasteiger partial charge in [-0.1, -0.05) is 27.7 Å². The molecule has 4 rings (SSSR count). The summed E-state index contributed by atoms with van der Waals surface area (Å²) in [7, 11) is -5.96. The van der Waals surface area contributed by atoms with E-state index in [1.54, 1.807) is 6.92 Å². The van der Waals surface area contributed by atoms with Gasteiger partial charge in [0, 0.05) is 43.5 Å². The Morgan fingerprint density at radius 3 is 2.68 bits per heavy atom. The average Bonchev–Trinajstić information content (AvgIpc) is 3.49. The number of hydrogen-bond donors (Lipinski definition) is 1. The van der Waals surface area contributed by atoms with Gasteiger partial charge in [0.05, 0.1) is 17.5 Å². The number of ether oxygens (including phenoxy) is 2. The molecule has 0 amide bonds. The van der Waals surface area contributed by atoms with Crippen LogP contribution in [0.25, 0.3) is 22.2 Å². The highest BCUT2D eigenvalue weighted by Crippen LogP contribution is 2.39. The molecule has 0 radical (unpaired) electrons. The van der Waals surface area contributed by atoms with Crippen LogP contribution in [0.15, 0.2) is 30.6 Å². The minimum Gasteiger partial charge on any atom is -0.543 e. The molecule has 1 saturated heterocycles. The van der Waals surface area contributed by atoms with E-state index < -0.39 is 18.4 Å². The van der Waals surface area contributed by atoms with Gasteiger partial charge in [-0.15, -0.1) is 0 Å². The monoisotopic (exact) mass is 606 g/mol. The summed E-state index contributed by atoms with van der Waals surface area (Å²) in [5.74, 6) is 0.471. The first-order chi connectivity index (χ1) is 19.2. The van der Waals surface area contributed by atoms with Crippen molar-refractivity contribution in [1.29, 1.82) is 0 Å². The van der Waals surface area contributed by atoms with E-state index in [2.05, 4.69) is 57.2 Å². The van der Waals surface area contributed by atoms with E-state index in [-0.39, 0.29) is 22.9 Å². The molecule has 1 aromatic carbocycles. The number of aryl methyl sites for hydroxylation is 1. The fourth-order valence-electron chi connectivity index (χ4n) is 4.75. The largest absolute Gasteiger partial charge is 0.543 e. The van der Waals surface area contributed by atoms with Crippen LogP contribution in [0.2, 0.25) is 18.1 Å². The van der Waals surface area contributed by atoms with Crippen LogP contribution in [-0.4, -0.2) is 66.4 Å². The van der Waals surface area contributed by atoms with Gasteiger partial charge in [0.15, 0.2) is 6.23 Å². The fourth-order valence-corrected chi connectivity index (χ4v) is 6.66. The standard InChI is InChI=1S/C29H46N4O6SSi/c1-22(21-40(34,35)36)13-17-37-15-9-14-32-20-23(19-30-32)28-25-18-24(39-41(5,6)29(2,3)4)11-12-26(25)33(31-28)27-10-7-8-16-38-27/h11-12,18-20,22,27H,7-10,13-17,21H2,1-6H3,(H,34,35,36). The number of rotatable bonds is 13. The molecule has 1 aliphatic heterocycles. The second-order valence-corrected chi connectivity index (χ2v) is 19.0. The number of hydrogen-bond acceptors (Lipinski definition) is 7. The highest BCUT2D eigenvalue weighted by molar-refractivity contribution is 7.85. The topological polar surface area (TPSA) is 118 Å². The van der Waals surface area contributed by atoms with Crippen molar-refractivity contribution in [3.8, 4) is 17.0 Å². The summed E-state index contributed by atoms with van der Waals surface area (Å²) in [5.41, 5.74) is 2.83. The van der Waals surface area contributed by atoms with Crippen LogP contribution < -0.4 is 4.43 Å². The Bertz CT molecular complexity index is 1410. The number of nitrogens with zero attached hydrogens (tertiary/aromatic N) is 4. The average molecular weight is 607 g/mol. The van der Waals surface area contributed by atoms with Crippen molar-refractivity contribution < 1.29 is 26.9 Å². The van der Waals surface area contributed by atoms with E-state index >= 15 is 0 Å². The van der Waals surface area contributed by atoms with Gasteiger partial charge in [0.25, 0.3) is 10.1 Å². The molecule has 3 heterocycles. The van der Waals surface area contributed by atoms with Gasteiger partial charge in [0.2, 0.25) is 8.32 Å². The van der Waals surface area contributed by atoms with Crippen LogP contribution >= 0.6 is 0 Å². The Kier molecular flexibility index (Phi) is 10.0. The highest BCUT2D eigenvalue weighted by atomic mass is 32.2. The predicted octanol–water partition coefficient (Wildman–Crippen LogP) is 6.30. The third-order valence-electron chi connectivity index (χ3n) is 8.12. The molecule has 12 heteroatoms. The Balaban J connectivity index is 1.47. The molecule has 2 aromatic heterocycles. The Hall–Kier alpha value is -2.25. The van der Waals surface area contributed by atoms with E-state index in [0.717, 1.165) is 60.2 Å². The zero-order valence-corrected chi connectivity index (χ0v) is 27.1. The lowest BCUT2D eigenvalue weighted by Gasteiger charge is -2.36. The molecule has 10 nitrogen and oxygen atoms in total. The molecule has 0 spiro atoms. The third kappa shape index (κ3) is 8.41. The molecule has 2 atom stereocenters. The van der Waals surface area contributed by atoms with E-state index in [1.165, 1.54) is 0 Å². The number of aromatic nitrogens is 4. The summed E-state index contributed by atoms with van der Waals surface area (Å²) in [6, 6.07) is 6.27. The van der Waals surface area contributed by atoms with Gasteiger partial charge in [-0.05, 0) is 74.4 Å². The maximum Gasteiger partial charge on any atom is 0.265 e. The van der Waals surface area contributed by atoms with Gasteiger partial charge in [-0.2, -0.15) is 18.6 Å². The fraction of sp³-hybridized carbons (Fsp3) is 0.655. The summed E-state index contributed by atoms with van der Waals surface area (Å²) < 4.78 is 53.3. The Morgan fingerprint density at radius 2 is 2.00 bits per heavy atom. The predicted molar refractivity (Wildman–Crippen MR) is 163 cm³/mol. The van der Waals surface area contributed by atoms with Crippen molar-refractivity contribution in [3.63, 3.8) is 0 Å². The van der Waals surface area contributed by atoms with Crippen molar-refractivity contribution in [2.24, 2.45) is 5.92 Å². The van der Waals surface area contributed by atoms with Crippen LogP contribution in [0.5, 0.6) is 5.75 Å². The molecule has 228 valence electrons. The van der Waals surface area contributed by atoms with Crippen molar-refractivity contribution in [1.82, 2.24) is 19.6 Å². The van der Waals surface area contributed by atoms with Crippen molar-refractivity contribution in [2.75, 3.05) is 25.6 Å². The summed E-state index contributed by atoms with van der Waals surface area (Å²) in [6.07, 6.45) is 8.26. The lowest BCUT2D eigenvalue weighted by atomic mass is 10.1. The molecular weight excluding hydrogens is 560 g/mol. The van der Waals surface area contributed by atoms with Crippen molar-refractivity contribution in [3.05, 3.63) is 30.6 Å². The minimum absolute atomic E-state index is 0.0837. The molecule has 3 aromatic rings. The second kappa shape index (κ2) is 12.9. The molecule has 1 N–H and O–H groups in total. The van der Waals surface area contributed by atoms with Gasteiger partial charge in [0.1, 0.15) is 11.4 Å². The SMILES string of the molecule is CC(CCOCCCn1cc(-c2nn(C3CCCCO3)c3ccc(O[Si](C)(C)C(C)(C)C)cc23)cn1)CS(=O)(=O)O. The quantitative estimate of drug-likeness (QED) is 0.137. The van der Waals surface area contributed by atoms with Gasteiger partial charge >= 0.3 is 0 Å². The van der Waals surface area contributed by atoms with E-state index in [4.69, 9.17) is 23.6 Å². The third-order valence-corrected chi connectivity index (χ3v) is 13.5.